The molecule has 3 rings (SSSR count). The van der Waals surface area contributed by atoms with Gasteiger partial charge < -0.3 is 14.9 Å². The molecule has 142 valence electrons. The Kier molecular flexibility index (Phi) is 6.07. The first-order valence-electron chi connectivity index (χ1n) is 9.35. The Morgan fingerprint density at radius 1 is 1.11 bits per heavy atom. The molecular weight excluding hydrogens is 360 g/mol. The Morgan fingerprint density at radius 2 is 1.78 bits per heavy atom. The molecule has 0 bridgehead atoms. The lowest BCUT2D eigenvalue weighted by Gasteiger charge is -2.33. The molecule has 0 fully saturated rings. The van der Waals surface area contributed by atoms with Gasteiger partial charge in [-0.25, -0.2) is 0 Å². The van der Waals surface area contributed by atoms with Gasteiger partial charge in [-0.3, -0.25) is 4.79 Å². The van der Waals surface area contributed by atoms with Crippen LogP contribution in [0.3, 0.4) is 0 Å². The van der Waals surface area contributed by atoms with E-state index in [2.05, 4.69) is 23.6 Å². The molecule has 5 heteroatoms. The lowest BCUT2D eigenvalue weighted by Crippen LogP contribution is -2.38. The van der Waals surface area contributed by atoms with Gasteiger partial charge in [0.15, 0.2) is 0 Å². The van der Waals surface area contributed by atoms with Gasteiger partial charge in [-0.05, 0) is 31.0 Å². The highest BCUT2D eigenvalue weighted by Crippen LogP contribution is 2.42. The summed E-state index contributed by atoms with van der Waals surface area (Å²) in [6.07, 6.45) is 2.05. The Bertz CT molecular complexity index is 835. The van der Waals surface area contributed by atoms with Crippen molar-refractivity contribution in [2.75, 3.05) is 11.4 Å². The van der Waals surface area contributed by atoms with Crippen LogP contribution >= 0.6 is 11.6 Å². The highest BCUT2D eigenvalue weighted by Gasteiger charge is 2.37. The molecule has 1 aliphatic rings. The molecule has 0 saturated carbocycles. The van der Waals surface area contributed by atoms with Gasteiger partial charge in [0.1, 0.15) is 6.17 Å². The molecule has 0 spiro atoms. The summed E-state index contributed by atoms with van der Waals surface area (Å²) in [6.45, 7) is 5.14. The van der Waals surface area contributed by atoms with Gasteiger partial charge in [0.05, 0.1) is 28.5 Å². The van der Waals surface area contributed by atoms with Crippen LogP contribution in [0.15, 0.2) is 60.3 Å². The number of carboxylic acids is 1. The van der Waals surface area contributed by atoms with Crippen LogP contribution in [0, 0.1) is 0 Å². The maximum absolute atomic E-state index is 11.7. The van der Waals surface area contributed by atoms with Crippen molar-refractivity contribution in [1.29, 1.82) is 0 Å². The van der Waals surface area contributed by atoms with Gasteiger partial charge in [0.2, 0.25) is 0 Å². The zero-order valence-electron chi connectivity index (χ0n) is 15.7. The van der Waals surface area contributed by atoms with Crippen LogP contribution in [-0.4, -0.2) is 28.7 Å². The molecule has 2 aromatic rings. The van der Waals surface area contributed by atoms with Gasteiger partial charge >= 0.3 is 5.97 Å². The van der Waals surface area contributed by atoms with Crippen molar-refractivity contribution in [3.05, 3.63) is 70.9 Å². The predicted molar refractivity (Wildman–Crippen MR) is 111 cm³/mol. The summed E-state index contributed by atoms with van der Waals surface area (Å²) >= 11 is 6.49. The molecule has 0 radical (unpaired) electrons. The lowest BCUT2D eigenvalue weighted by atomic mass is 10.1. The van der Waals surface area contributed by atoms with Crippen molar-refractivity contribution in [2.24, 2.45) is 0 Å². The average Bonchev–Trinajstić information content (AvgIpc) is 2.92. The van der Waals surface area contributed by atoms with Crippen LogP contribution < -0.4 is 4.90 Å². The predicted octanol–water partition coefficient (Wildman–Crippen LogP) is 5.45. The zero-order valence-corrected chi connectivity index (χ0v) is 16.5. The number of anilines is 1. The van der Waals surface area contributed by atoms with E-state index in [1.807, 2.05) is 54.6 Å². The number of unbranched alkanes of at least 4 members (excludes halogenated alkanes) is 1. The van der Waals surface area contributed by atoms with Crippen molar-refractivity contribution >= 4 is 29.0 Å². The Morgan fingerprint density at radius 3 is 2.41 bits per heavy atom. The monoisotopic (exact) mass is 384 g/mol. The van der Waals surface area contributed by atoms with Crippen LogP contribution in [0.25, 0.3) is 5.70 Å². The maximum atomic E-state index is 11.7. The fourth-order valence-electron chi connectivity index (χ4n) is 3.69. The molecule has 0 amide bonds. The van der Waals surface area contributed by atoms with E-state index < -0.39 is 5.97 Å². The molecule has 1 unspecified atom stereocenters. The van der Waals surface area contributed by atoms with Crippen molar-refractivity contribution < 1.29 is 9.90 Å². The van der Waals surface area contributed by atoms with E-state index in [9.17, 15) is 9.90 Å². The standard InChI is InChI=1S/C22H25ClN2O2/c1-3-4-14-24-16(2)25(19-13-9-8-12-18(19)23)20(15-21(26)27)22(24)17-10-6-5-7-11-17/h5-13,16H,3-4,14-15H2,1-2H3,(H,26,27). The van der Waals surface area contributed by atoms with Crippen molar-refractivity contribution in [1.82, 2.24) is 4.90 Å². The molecule has 27 heavy (non-hydrogen) atoms. The highest BCUT2D eigenvalue weighted by atomic mass is 35.5. The average molecular weight is 385 g/mol. The fourth-order valence-corrected chi connectivity index (χ4v) is 3.92. The van der Waals surface area contributed by atoms with E-state index in [1.54, 1.807) is 0 Å². The van der Waals surface area contributed by atoms with Crippen LogP contribution in [0.2, 0.25) is 5.02 Å². The number of nitrogens with zero attached hydrogens (tertiary/aromatic N) is 2. The Hall–Kier alpha value is -2.46. The molecule has 4 nitrogen and oxygen atoms in total. The van der Waals surface area contributed by atoms with E-state index in [0.29, 0.717) is 5.02 Å². The summed E-state index contributed by atoms with van der Waals surface area (Å²) in [4.78, 5) is 16.1. The third kappa shape index (κ3) is 3.96. The van der Waals surface area contributed by atoms with Gasteiger partial charge in [0, 0.05) is 6.54 Å². The quantitative estimate of drug-likeness (QED) is 0.689. The summed E-state index contributed by atoms with van der Waals surface area (Å²) < 4.78 is 0. The SMILES string of the molecule is CCCCN1C(c2ccccc2)=C(CC(=O)O)N(c2ccccc2Cl)C1C. The molecule has 1 aliphatic heterocycles. The summed E-state index contributed by atoms with van der Waals surface area (Å²) in [6, 6.07) is 17.7. The minimum atomic E-state index is -0.847. The number of carbonyl (C=O) groups is 1. The second kappa shape index (κ2) is 8.49. The molecule has 1 N–H and O–H groups in total. The zero-order chi connectivity index (χ0) is 19.4. The Balaban J connectivity index is 2.19. The fraction of sp³-hybridized carbons (Fsp3) is 0.318. The molecule has 1 atom stereocenters. The number of para-hydroxylation sites is 1. The third-order valence-corrected chi connectivity index (χ3v) is 5.23. The van der Waals surface area contributed by atoms with Crippen LogP contribution in [0.1, 0.15) is 38.7 Å². The number of aliphatic carboxylic acids is 1. The topological polar surface area (TPSA) is 43.8 Å². The van der Waals surface area contributed by atoms with Gasteiger partial charge in [-0.1, -0.05) is 67.4 Å². The largest absolute Gasteiger partial charge is 0.481 e. The van der Waals surface area contributed by atoms with Crippen LogP contribution in [-0.2, 0) is 4.79 Å². The maximum Gasteiger partial charge on any atom is 0.309 e. The Labute approximate surface area is 165 Å². The highest BCUT2D eigenvalue weighted by molar-refractivity contribution is 6.33. The molecule has 1 heterocycles. The van der Waals surface area contributed by atoms with Crippen molar-refractivity contribution in [3.8, 4) is 0 Å². The van der Waals surface area contributed by atoms with E-state index in [4.69, 9.17) is 11.6 Å². The van der Waals surface area contributed by atoms with Crippen molar-refractivity contribution in [2.45, 2.75) is 39.3 Å². The number of carboxylic acid groups (broad SMARTS) is 1. The van der Waals surface area contributed by atoms with Crippen molar-refractivity contribution in [3.63, 3.8) is 0 Å². The molecular formula is C22H25ClN2O2. The second-order valence-electron chi connectivity index (χ2n) is 6.73. The minimum absolute atomic E-state index is 0.0130. The van der Waals surface area contributed by atoms with E-state index >= 15 is 0 Å². The summed E-state index contributed by atoms with van der Waals surface area (Å²) in [7, 11) is 0. The number of rotatable bonds is 7. The van der Waals surface area contributed by atoms with E-state index in [-0.39, 0.29) is 12.6 Å². The summed E-state index contributed by atoms with van der Waals surface area (Å²) in [5.74, 6) is -0.847. The molecule has 2 aromatic carbocycles. The normalized spacial score (nSPS) is 16.9. The van der Waals surface area contributed by atoms with E-state index in [1.165, 1.54) is 0 Å². The second-order valence-corrected chi connectivity index (χ2v) is 7.14. The summed E-state index contributed by atoms with van der Waals surface area (Å²) in [5, 5.41) is 10.2. The van der Waals surface area contributed by atoms with E-state index in [0.717, 1.165) is 42.0 Å². The first-order valence-corrected chi connectivity index (χ1v) is 9.73. The van der Waals surface area contributed by atoms with Crippen LogP contribution in [0.4, 0.5) is 5.69 Å². The molecule has 0 aliphatic carbocycles. The van der Waals surface area contributed by atoms with Crippen LogP contribution in [0.5, 0.6) is 0 Å². The minimum Gasteiger partial charge on any atom is -0.481 e. The number of benzene rings is 2. The number of halogens is 1. The smallest absolute Gasteiger partial charge is 0.309 e. The first kappa shape index (κ1) is 19.3. The molecule has 0 aromatic heterocycles. The molecule has 0 saturated heterocycles. The lowest BCUT2D eigenvalue weighted by molar-refractivity contribution is -0.136. The first-order chi connectivity index (χ1) is 13.0. The third-order valence-electron chi connectivity index (χ3n) is 4.91. The number of hydrogen-bond acceptors (Lipinski definition) is 3. The van der Waals surface area contributed by atoms with Gasteiger partial charge in [-0.2, -0.15) is 0 Å². The van der Waals surface area contributed by atoms with Gasteiger partial charge in [0.25, 0.3) is 0 Å². The van der Waals surface area contributed by atoms with Gasteiger partial charge in [-0.15, -0.1) is 0 Å². The number of hydrogen-bond donors (Lipinski definition) is 1. The summed E-state index contributed by atoms with van der Waals surface area (Å²) in [5.41, 5.74) is 3.64.